The summed E-state index contributed by atoms with van der Waals surface area (Å²) in [6.07, 6.45) is 3.92. The molecular formula is C15H19ClFN3O. The normalized spacial score (nSPS) is 18.2. The number of aromatic nitrogens is 2. The van der Waals surface area contributed by atoms with E-state index in [9.17, 15) is 4.39 Å². The van der Waals surface area contributed by atoms with Gasteiger partial charge in [0.25, 0.3) is 0 Å². The van der Waals surface area contributed by atoms with Crippen LogP contribution in [0.25, 0.3) is 0 Å². The highest BCUT2D eigenvalue weighted by molar-refractivity contribution is 5.85. The van der Waals surface area contributed by atoms with Crippen molar-refractivity contribution in [2.24, 2.45) is 5.73 Å². The van der Waals surface area contributed by atoms with E-state index in [-0.39, 0.29) is 24.1 Å². The second-order valence-corrected chi connectivity index (χ2v) is 5.56. The van der Waals surface area contributed by atoms with Gasteiger partial charge in [-0.25, -0.2) is 4.39 Å². The lowest BCUT2D eigenvalue weighted by Crippen LogP contribution is -2.34. The Morgan fingerprint density at radius 2 is 1.95 bits per heavy atom. The van der Waals surface area contributed by atoms with Crippen molar-refractivity contribution in [3.63, 3.8) is 0 Å². The SMILES string of the molecule is CC(c1nc(C2(N)CCCC2)no1)c1ccccc1F.Cl. The van der Waals surface area contributed by atoms with Crippen LogP contribution in [0, 0.1) is 5.82 Å². The Balaban J connectivity index is 0.00000161. The summed E-state index contributed by atoms with van der Waals surface area (Å²) in [5, 5.41) is 4.01. The molecule has 1 unspecified atom stereocenters. The molecule has 0 spiro atoms. The summed E-state index contributed by atoms with van der Waals surface area (Å²) < 4.78 is 19.1. The summed E-state index contributed by atoms with van der Waals surface area (Å²) in [6, 6.07) is 6.63. The number of rotatable bonds is 3. The molecule has 0 bridgehead atoms. The molecule has 0 saturated heterocycles. The number of nitrogens with two attached hydrogens (primary N) is 1. The molecule has 1 fully saturated rings. The lowest BCUT2D eigenvalue weighted by atomic mass is 9.98. The fourth-order valence-electron chi connectivity index (χ4n) is 2.80. The molecule has 1 aromatic carbocycles. The maximum absolute atomic E-state index is 13.8. The van der Waals surface area contributed by atoms with E-state index in [1.54, 1.807) is 18.2 Å². The van der Waals surface area contributed by atoms with Gasteiger partial charge in [-0.2, -0.15) is 4.98 Å². The van der Waals surface area contributed by atoms with Gasteiger partial charge in [0.1, 0.15) is 5.82 Å². The smallest absolute Gasteiger partial charge is 0.234 e. The van der Waals surface area contributed by atoms with Crippen LogP contribution < -0.4 is 5.73 Å². The molecule has 1 saturated carbocycles. The zero-order chi connectivity index (χ0) is 14.2. The predicted octanol–water partition coefficient (Wildman–Crippen LogP) is 3.51. The van der Waals surface area contributed by atoms with Crippen molar-refractivity contribution in [2.45, 2.75) is 44.1 Å². The van der Waals surface area contributed by atoms with Crippen molar-refractivity contribution in [3.8, 4) is 0 Å². The van der Waals surface area contributed by atoms with Crippen molar-refractivity contribution < 1.29 is 8.91 Å². The standard InChI is InChI=1S/C15H18FN3O.ClH/c1-10(11-6-2-3-7-12(11)16)13-18-14(19-20-13)15(17)8-4-5-9-15;/h2-3,6-7,10H,4-5,8-9,17H2,1H3;1H. The molecule has 4 nitrogen and oxygen atoms in total. The Morgan fingerprint density at radius 3 is 2.62 bits per heavy atom. The van der Waals surface area contributed by atoms with Crippen LogP contribution in [0.3, 0.4) is 0 Å². The molecule has 3 rings (SSSR count). The van der Waals surface area contributed by atoms with Crippen molar-refractivity contribution in [3.05, 3.63) is 47.4 Å². The van der Waals surface area contributed by atoms with E-state index in [0.29, 0.717) is 17.3 Å². The lowest BCUT2D eigenvalue weighted by Gasteiger charge is -2.17. The molecule has 2 aromatic rings. The molecule has 0 radical (unpaired) electrons. The first kappa shape index (κ1) is 15.9. The van der Waals surface area contributed by atoms with Gasteiger partial charge in [-0.15, -0.1) is 12.4 Å². The van der Waals surface area contributed by atoms with Crippen LogP contribution in [0.4, 0.5) is 4.39 Å². The van der Waals surface area contributed by atoms with Gasteiger partial charge in [0.15, 0.2) is 5.82 Å². The van der Waals surface area contributed by atoms with E-state index in [2.05, 4.69) is 10.1 Å². The third-order valence-electron chi connectivity index (χ3n) is 4.13. The fraction of sp³-hybridized carbons (Fsp3) is 0.467. The van der Waals surface area contributed by atoms with Gasteiger partial charge in [0.2, 0.25) is 5.89 Å². The first-order chi connectivity index (χ1) is 9.60. The molecule has 2 N–H and O–H groups in total. The molecule has 1 aromatic heterocycles. The van der Waals surface area contributed by atoms with Crippen LogP contribution in [0.15, 0.2) is 28.8 Å². The second-order valence-electron chi connectivity index (χ2n) is 5.56. The maximum Gasteiger partial charge on any atom is 0.234 e. The average molecular weight is 312 g/mol. The highest BCUT2D eigenvalue weighted by Crippen LogP contribution is 2.35. The summed E-state index contributed by atoms with van der Waals surface area (Å²) in [5.41, 5.74) is 6.38. The van der Waals surface area contributed by atoms with Crippen molar-refractivity contribution in [2.75, 3.05) is 0 Å². The average Bonchev–Trinajstić information content (AvgIpc) is 3.08. The largest absolute Gasteiger partial charge is 0.339 e. The molecule has 114 valence electrons. The molecule has 0 amide bonds. The van der Waals surface area contributed by atoms with Gasteiger partial charge in [-0.3, -0.25) is 0 Å². The van der Waals surface area contributed by atoms with E-state index < -0.39 is 5.54 Å². The summed E-state index contributed by atoms with van der Waals surface area (Å²) in [6.45, 7) is 1.85. The van der Waals surface area contributed by atoms with E-state index in [1.165, 1.54) is 6.07 Å². The molecular weight excluding hydrogens is 293 g/mol. The monoisotopic (exact) mass is 311 g/mol. The molecule has 21 heavy (non-hydrogen) atoms. The van der Waals surface area contributed by atoms with Crippen molar-refractivity contribution in [1.82, 2.24) is 10.1 Å². The van der Waals surface area contributed by atoms with E-state index in [1.807, 2.05) is 6.92 Å². The number of nitrogens with zero attached hydrogens (tertiary/aromatic N) is 2. The first-order valence-corrected chi connectivity index (χ1v) is 6.97. The summed E-state index contributed by atoms with van der Waals surface area (Å²) in [5.74, 6) is 0.431. The van der Waals surface area contributed by atoms with Gasteiger partial charge in [0, 0.05) is 0 Å². The fourth-order valence-corrected chi connectivity index (χ4v) is 2.80. The van der Waals surface area contributed by atoms with Crippen LogP contribution >= 0.6 is 12.4 Å². The Labute approximate surface area is 129 Å². The predicted molar refractivity (Wildman–Crippen MR) is 79.8 cm³/mol. The number of hydrogen-bond donors (Lipinski definition) is 1. The minimum Gasteiger partial charge on any atom is -0.339 e. The Hall–Kier alpha value is -1.46. The summed E-state index contributed by atoms with van der Waals surface area (Å²) >= 11 is 0. The van der Waals surface area contributed by atoms with Crippen LogP contribution in [-0.2, 0) is 5.54 Å². The van der Waals surface area contributed by atoms with Gasteiger partial charge in [-0.1, -0.05) is 36.2 Å². The molecule has 0 aliphatic heterocycles. The second kappa shape index (κ2) is 6.12. The van der Waals surface area contributed by atoms with Gasteiger partial charge >= 0.3 is 0 Å². The van der Waals surface area contributed by atoms with Gasteiger partial charge in [-0.05, 0) is 31.4 Å². The van der Waals surface area contributed by atoms with E-state index in [0.717, 1.165) is 25.7 Å². The minimum atomic E-state index is -0.475. The Kier molecular flexibility index (Phi) is 4.64. The van der Waals surface area contributed by atoms with Crippen molar-refractivity contribution >= 4 is 12.4 Å². The quantitative estimate of drug-likeness (QED) is 0.942. The zero-order valence-corrected chi connectivity index (χ0v) is 12.7. The summed E-state index contributed by atoms with van der Waals surface area (Å²) in [7, 11) is 0. The van der Waals surface area contributed by atoms with Gasteiger partial charge < -0.3 is 10.3 Å². The number of benzene rings is 1. The van der Waals surface area contributed by atoms with Crippen LogP contribution in [0.2, 0.25) is 0 Å². The molecule has 6 heteroatoms. The maximum atomic E-state index is 13.8. The highest BCUT2D eigenvalue weighted by Gasteiger charge is 2.36. The highest BCUT2D eigenvalue weighted by atomic mass is 35.5. The number of hydrogen-bond acceptors (Lipinski definition) is 4. The Bertz CT molecular complexity index is 610. The topological polar surface area (TPSA) is 64.9 Å². The third-order valence-corrected chi connectivity index (χ3v) is 4.13. The molecule has 1 heterocycles. The first-order valence-electron chi connectivity index (χ1n) is 6.97. The summed E-state index contributed by atoms with van der Waals surface area (Å²) in [4.78, 5) is 4.41. The van der Waals surface area contributed by atoms with Crippen LogP contribution in [0.5, 0.6) is 0 Å². The van der Waals surface area contributed by atoms with Crippen LogP contribution in [-0.4, -0.2) is 10.1 Å². The Morgan fingerprint density at radius 1 is 1.29 bits per heavy atom. The van der Waals surface area contributed by atoms with Gasteiger partial charge in [0.05, 0.1) is 11.5 Å². The number of halogens is 2. The third kappa shape index (κ3) is 2.94. The van der Waals surface area contributed by atoms with Crippen molar-refractivity contribution in [1.29, 1.82) is 0 Å². The van der Waals surface area contributed by atoms with Crippen LogP contribution in [0.1, 0.15) is 55.8 Å². The van der Waals surface area contributed by atoms with E-state index >= 15 is 0 Å². The minimum absolute atomic E-state index is 0. The molecule has 1 atom stereocenters. The van der Waals surface area contributed by atoms with E-state index in [4.69, 9.17) is 10.3 Å². The lowest BCUT2D eigenvalue weighted by molar-refractivity contribution is 0.342. The zero-order valence-electron chi connectivity index (χ0n) is 11.9. The molecule has 1 aliphatic rings. The molecule has 1 aliphatic carbocycles.